The molecule has 16 heteroatoms. The third-order valence-electron chi connectivity index (χ3n) is 9.29. The number of Topliss-reactive ketones (excluding diaryl/α,β-unsaturated/α-hetero) is 1. The third kappa shape index (κ3) is 6.51. The number of fused-ring (bicyclic) bond motifs is 3. The Balaban J connectivity index is 1.38. The smallest absolute Gasteiger partial charge is 0.471 e. The van der Waals surface area contributed by atoms with E-state index >= 15 is 0 Å². The molecule has 0 radical (unpaired) electrons. The van der Waals surface area contributed by atoms with Crippen LogP contribution in [-0.2, 0) is 25.5 Å². The number of hydrogen-bond acceptors (Lipinski definition) is 12. The number of aliphatic hydroxyl groups excluding tert-OH is 1. The average molecular weight is 716 g/mol. The molecule has 1 aliphatic heterocycles. The summed E-state index contributed by atoms with van der Waals surface area (Å²) < 4.78 is 62.0. The van der Waals surface area contributed by atoms with Gasteiger partial charge < -0.3 is 44.7 Å². The molecule has 1 heterocycles. The fraction of sp³-hybridized carbons (Fsp3) is 0.371. The van der Waals surface area contributed by atoms with Gasteiger partial charge in [-0.3, -0.25) is 19.2 Å². The number of aromatic hydroxyl groups is 2. The van der Waals surface area contributed by atoms with Crippen molar-refractivity contribution in [2.24, 2.45) is 0 Å². The monoisotopic (exact) mass is 715 g/mol. The lowest BCUT2D eigenvalue weighted by molar-refractivity contribution is -0.250. The number of alkyl halides is 3. The molecular weight excluding hydrogens is 683 g/mol. The Morgan fingerprint density at radius 3 is 2.33 bits per heavy atom. The lowest BCUT2D eigenvalue weighted by Gasteiger charge is -2.42. The zero-order valence-corrected chi connectivity index (χ0v) is 27.0. The topological polar surface area (TPSA) is 198 Å². The Bertz CT molecular complexity index is 1920. The Labute approximate surface area is 287 Å². The highest BCUT2D eigenvalue weighted by Gasteiger charge is 2.50. The van der Waals surface area contributed by atoms with Crippen molar-refractivity contribution in [3.8, 4) is 23.0 Å². The van der Waals surface area contributed by atoms with Crippen LogP contribution in [0.5, 0.6) is 23.0 Å². The number of rotatable bonds is 8. The number of para-hydroxylation sites is 1. The molecule has 270 valence electrons. The Kier molecular flexibility index (Phi) is 9.30. The first-order valence-corrected chi connectivity index (χ1v) is 15.8. The van der Waals surface area contributed by atoms with Crippen LogP contribution in [0.15, 0.2) is 48.5 Å². The summed E-state index contributed by atoms with van der Waals surface area (Å²) in [6.45, 7) is 2.00. The SMILES string of the molecule is CC(=O)[C@]1(O)Cc2c(O)c3c(c(O)c2[C@@H](OC2CC(NC(=O)C(F)(F)F)C(O)C(C)O2)C1)C(=O)c1c(OCOc2ccccc2)cccc1C3=O. The van der Waals surface area contributed by atoms with Gasteiger partial charge >= 0.3 is 12.1 Å². The summed E-state index contributed by atoms with van der Waals surface area (Å²) in [4.78, 5) is 52.4. The van der Waals surface area contributed by atoms with E-state index in [-0.39, 0.29) is 34.8 Å². The fourth-order valence-electron chi connectivity index (χ4n) is 6.65. The van der Waals surface area contributed by atoms with Gasteiger partial charge in [0.1, 0.15) is 34.7 Å². The maximum atomic E-state index is 14.1. The van der Waals surface area contributed by atoms with Crippen LogP contribution in [0.25, 0.3) is 0 Å². The number of phenolic OH excluding ortho intramolecular Hbond substituents is 2. The molecule has 3 aliphatic rings. The van der Waals surface area contributed by atoms with Crippen LogP contribution < -0.4 is 14.8 Å². The number of benzene rings is 3. The molecular formula is C35H32F3NO12. The summed E-state index contributed by atoms with van der Waals surface area (Å²) in [5.41, 5.74) is -4.43. The maximum absolute atomic E-state index is 14.1. The molecule has 3 aromatic carbocycles. The lowest BCUT2D eigenvalue weighted by Crippen LogP contribution is -2.57. The minimum absolute atomic E-state index is 0.0714. The second-order valence-electron chi connectivity index (χ2n) is 12.6. The van der Waals surface area contributed by atoms with E-state index in [1.165, 1.54) is 25.1 Å². The third-order valence-corrected chi connectivity index (χ3v) is 9.29. The number of aliphatic hydroxyl groups is 2. The van der Waals surface area contributed by atoms with Gasteiger partial charge in [0, 0.05) is 36.0 Å². The molecule has 6 rings (SSSR count). The van der Waals surface area contributed by atoms with E-state index in [0.717, 1.165) is 6.92 Å². The van der Waals surface area contributed by atoms with Gasteiger partial charge in [-0.05, 0) is 32.0 Å². The quantitative estimate of drug-likeness (QED) is 0.132. The van der Waals surface area contributed by atoms with Gasteiger partial charge in [0.15, 0.2) is 17.9 Å². The van der Waals surface area contributed by atoms with E-state index in [1.807, 2.05) is 0 Å². The van der Waals surface area contributed by atoms with Crippen molar-refractivity contribution in [1.82, 2.24) is 5.32 Å². The highest BCUT2D eigenvalue weighted by atomic mass is 19.4. The Morgan fingerprint density at radius 2 is 1.67 bits per heavy atom. The maximum Gasteiger partial charge on any atom is 0.471 e. The number of carbonyl (C=O) groups is 4. The van der Waals surface area contributed by atoms with E-state index < -0.39 is 108 Å². The van der Waals surface area contributed by atoms with Gasteiger partial charge in [-0.15, -0.1) is 0 Å². The summed E-state index contributed by atoms with van der Waals surface area (Å²) >= 11 is 0. The molecule has 4 unspecified atom stereocenters. The number of hydrogen-bond donors (Lipinski definition) is 5. The van der Waals surface area contributed by atoms with E-state index in [0.29, 0.717) is 5.75 Å². The van der Waals surface area contributed by atoms with Crippen molar-refractivity contribution in [2.75, 3.05) is 6.79 Å². The number of halogens is 3. The molecule has 0 bridgehead atoms. The molecule has 3 aromatic rings. The van der Waals surface area contributed by atoms with Gasteiger partial charge in [0.25, 0.3) is 0 Å². The standard InChI is InChI=1S/C35H32F3NO12/c1-15-28(41)20(39-33(46)35(36,37)38)11-23(50-15)51-22-13-34(47,16(2)40)12-19-25(22)32(45)27-26(30(19)43)29(42)18-9-6-10-21(24(18)31(27)44)49-14-48-17-7-4-3-5-8-17/h3-10,15,20,22-23,28,41,43,45,47H,11-14H2,1-2H3,(H,39,46)/t15?,20?,22-,23?,28?,34-/m0/s1. The summed E-state index contributed by atoms with van der Waals surface area (Å²) in [6, 6.07) is 11.2. The van der Waals surface area contributed by atoms with Crippen LogP contribution in [-0.4, -0.2) is 86.8 Å². The number of carbonyl (C=O) groups excluding carboxylic acids is 4. The van der Waals surface area contributed by atoms with Crippen molar-refractivity contribution < 1.29 is 71.7 Å². The molecule has 0 saturated carbocycles. The minimum Gasteiger partial charge on any atom is -0.507 e. The van der Waals surface area contributed by atoms with Crippen LogP contribution in [0.2, 0.25) is 0 Å². The highest BCUT2D eigenvalue weighted by molar-refractivity contribution is 6.31. The number of ether oxygens (including phenoxy) is 4. The van der Waals surface area contributed by atoms with E-state index in [4.69, 9.17) is 18.9 Å². The van der Waals surface area contributed by atoms with Gasteiger partial charge in [-0.2, -0.15) is 13.2 Å². The van der Waals surface area contributed by atoms with Crippen LogP contribution in [0, 0.1) is 0 Å². The summed E-state index contributed by atoms with van der Waals surface area (Å²) in [5, 5.41) is 46.8. The predicted molar refractivity (Wildman–Crippen MR) is 166 cm³/mol. The van der Waals surface area contributed by atoms with Crippen LogP contribution in [0.4, 0.5) is 13.2 Å². The number of phenols is 2. The van der Waals surface area contributed by atoms with Gasteiger partial charge in [0.2, 0.25) is 12.6 Å². The molecule has 1 fully saturated rings. The summed E-state index contributed by atoms with van der Waals surface area (Å²) in [7, 11) is 0. The van der Waals surface area contributed by atoms with Gasteiger partial charge in [-0.25, -0.2) is 0 Å². The van der Waals surface area contributed by atoms with Crippen molar-refractivity contribution in [2.45, 2.75) is 75.5 Å². The Hall–Kier alpha value is -5.03. The first-order chi connectivity index (χ1) is 24.0. The van der Waals surface area contributed by atoms with Crippen LogP contribution >= 0.6 is 0 Å². The van der Waals surface area contributed by atoms with Crippen LogP contribution in [0.1, 0.15) is 75.8 Å². The summed E-state index contributed by atoms with van der Waals surface area (Å²) in [5.74, 6) is -6.14. The fourth-order valence-corrected chi connectivity index (χ4v) is 6.65. The van der Waals surface area contributed by atoms with Crippen molar-refractivity contribution >= 4 is 23.3 Å². The summed E-state index contributed by atoms with van der Waals surface area (Å²) in [6.07, 6.45) is -12.9. The zero-order chi connectivity index (χ0) is 37.0. The van der Waals surface area contributed by atoms with Gasteiger partial charge in [0.05, 0.1) is 34.9 Å². The predicted octanol–water partition coefficient (Wildman–Crippen LogP) is 3.16. The molecule has 2 aliphatic carbocycles. The molecule has 5 N–H and O–H groups in total. The number of nitrogens with one attached hydrogen (secondary N) is 1. The number of amides is 1. The first kappa shape index (κ1) is 35.8. The first-order valence-electron chi connectivity index (χ1n) is 15.8. The normalized spacial score (nSPS) is 25.7. The largest absolute Gasteiger partial charge is 0.507 e. The molecule has 13 nitrogen and oxygen atoms in total. The molecule has 6 atom stereocenters. The average Bonchev–Trinajstić information content (AvgIpc) is 3.07. The van der Waals surface area contributed by atoms with E-state index in [1.54, 1.807) is 35.6 Å². The van der Waals surface area contributed by atoms with E-state index in [9.17, 15) is 52.8 Å². The molecule has 1 saturated heterocycles. The molecule has 0 aromatic heterocycles. The highest BCUT2D eigenvalue weighted by Crippen LogP contribution is 2.52. The van der Waals surface area contributed by atoms with Crippen molar-refractivity contribution in [3.05, 3.63) is 81.9 Å². The van der Waals surface area contributed by atoms with Crippen molar-refractivity contribution in [1.29, 1.82) is 0 Å². The zero-order valence-electron chi connectivity index (χ0n) is 27.0. The van der Waals surface area contributed by atoms with Crippen LogP contribution in [0.3, 0.4) is 0 Å². The minimum atomic E-state index is -5.26. The second kappa shape index (κ2) is 13.3. The van der Waals surface area contributed by atoms with E-state index in [2.05, 4.69) is 0 Å². The second-order valence-corrected chi connectivity index (χ2v) is 12.6. The Morgan fingerprint density at radius 1 is 0.980 bits per heavy atom. The van der Waals surface area contributed by atoms with Crippen molar-refractivity contribution in [3.63, 3.8) is 0 Å². The lowest BCUT2D eigenvalue weighted by atomic mass is 9.72. The molecule has 1 amide bonds. The number of ketones is 3. The van der Waals surface area contributed by atoms with Gasteiger partial charge in [-0.1, -0.05) is 30.3 Å². The molecule has 51 heavy (non-hydrogen) atoms. The molecule has 0 spiro atoms.